The van der Waals surface area contributed by atoms with E-state index >= 15 is 0 Å². The first-order valence-electron chi connectivity index (χ1n) is 8.44. The van der Waals surface area contributed by atoms with Gasteiger partial charge in [-0.15, -0.1) is 0 Å². The smallest absolute Gasteiger partial charge is 0.416 e. The minimum atomic E-state index is -4.55. The van der Waals surface area contributed by atoms with E-state index in [9.17, 15) is 27.2 Å². The highest BCUT2D eigenvalue weighted by Gasteiger charge is 2.31. The number of aromatic carboxylic acids is 1. The van der Waals surface area contributed by atoms with Gasteiger partial charge in [-0.2, -0.15) is 13.2 Å². The Kier molecular flexibility index (Phi) is 5.77. The molecule has 0 aliphatic rings. The van der Waals surface area contributed by atoms with Gasteiger partial charge in [0.05, 0.1) is 17.2 Å². The molecule has 0 radical (unpaired) electrons. The second-order valence-electron chi connectivity index (χ2n) is 6.13. The van der Waals surface area contributed by atoms with Crippen LogP contribution in [0.25, 0.3) is 0 Å². The van der Waals surface area contributed by atoms with Crippen LogP contribution >= 0.6 is 0 Å². The van der Waals surface area contributed by atoms with E-state index in [1.54, 1.807) is 0 Å². The van der Waals surface area contributed by atoms with Crippen molar-refractivity contribution in [1.29, 1.82) is 0 Å². The zero-order valence-corrected chi connectivity index (χ0v) is 15.0. The second-order valence-corrected chi connectivity index (χ2v) is 6.13. The summed E-state index contributed by atoms with van der Waals surface area (Å²) in [5, 5.41) is 11.4. The van der Waals surface area contributed by atoms with Crippen molar-refractivity contribution < 1.29 is 32.3 Å². The molecule has 30 heavy (non-hydrogen) atoms. The number of halogens is 4. The lowest BCUT2D eigenvalue weighted by Gasteiger charge is -2.20. The summed E-state index contributed by atoms with van der Waals surface area (Å²) in [5.41, 5.74) is -1.23. The number of nitrogens with zero attached hydrogens (tertiary/aromatic N) is 2. The summed E-state index contributed by atoms with van der Waals surface area (Å²) < 4.78 is 52.8. The van der Waals surface area contributed by atoms with Gasteiger partial charge in [0.15, 0.2) is 0 Å². The van der Waals surface area contributed by atoms with Gasteiger partial charge < -0.3 is 10.4 Å². The minimum Gasteiger partial charge on any atom is -0.478 e. The number of hydrogen-bond donors (Lipinski definition) is 2. The molecule has 0 saturated carbocycles. The number of nitrogens with one attached hydrogen (secondary N) is 1. The molecule has 154 valence electrons. The van der Waals surface area contributed by atoms with Crippen LogP contribution in [0.1, 0.15) is 43.7 Å². The Morgan fingerprint density at radius 2 is 1.70 bits per heavy atom. The minimum absolute atomic E-state index is 0.137. The molecule has 3 aromatic rings. The summed E-state index contributed by atoms with van der Waals surface area (Å²) in [5.74, 6) is -2.79. The lowest BCUT2D eigenvalue weighted by atomic mass is 10.0. The van der Waals surface area contributed by atoms with E-state index in [-0.39, 0.29) is 22.5 Å². The summed E-state index contributed by atoms with van der Waals surface area (Å²) in [6, 6.07) is 7.41. The molecule has 1 atom stereocenters. The molecule has 2 aromatic heterocycles. The number of aromatic nitrogens is 2. The number of benzene rings is 1. The summed E-state index contributed by atoms with van der Waals surface area (Å²) in [4.78, 5) is 31.1. The van der Waals surface area contributed by atoms with Crippen LogP contribution in [0.15, 0.2) is 60.9 Å². The molecule has 0 aliphatic heterocycles. The maximum absolute atomic E-state index is 14.3. The van der Waals surface area contributed by atoms with Crippen molar-refractivity contribution in [2.75, 3.05) is 0 Å². The van der Waals surface area contributed by atoms with E-state index in [4.69, 9.17) is 5.11 Å². The first-order valence-corrected chi connectivity index (χ1v) is 8.44. The van der Waals surface area contributed by atoms with Gasteiger partial charge in [0.25, 0.3) is 5.91 Å². The number of pyridine rings is 2. The monoisotopic (exact) mass is 419 g/mol. The van der Waals surface area contributed by atoms with E-state index < -0.39 is 35.5 Å². The summed E-state index contributed by atoms with van der Waals surface area (Å²) in [6.07, 6.45) is -2.30. The van der Waals surface area contributed by atoms with E-state index in [2.05, 4.69) is 15.3 Å². The number of hydrogen-bond acceptors (Lipinski definition) is 4. The van der Waals surface area contributed by atoms with Crippen LogP contribution in [0.4, 0.5) is 17.6 Å². The standard InChI is InChI=1S/C20H13F4N3O3/c21-14-2-1-9-25-17(14)16(11-3-6-13(7-4-11)20(22,23)24)27-18(28)15-8-5-12(10-26-15)19(29)30/h1-10,16H,(H,27,28)(H,29,30)/t16-/m0/s1. The van der Waals surface area contributed by atoms with E-state index in [0.29, 0.717) is 0 Å². The maximum atomic E-state index is 14.3. The Bertz CT molecular complexity index is 1070. The average molecular weight is 419 g/mol. The van der Waals surface area contributed by atoms with Gasteiger partial charge in [-0.3, -0.25) is 14.8 Å². The molecule has 2 heterocycles. The van der Waals surface area contributed by atoms with Crippen LogP contribution in [0.2, 0.25) is 0 Å². The van der Waals surface area contributed by atoms with Crippen LogP contribution in [-0.4, -0.2) is 27.0 Å². The predicted octanol–water partition coefficient (Wildman–Crippen LogP) is 3.85. The molecule has 0 fully saturated rings. The van der Waals surface area contributed by atoms with Crippen molar-refractivity contribution in [3.05, 3.63) is 94.8 Å². The van der Waals surface area contributed by atoms with Crippen LogP contribution in [-0.2, 0) is 6.18 Å². The van der Waals surface area contributed by atoms with Gasteiger partial charge in [-0.25, -0.2) is 9.18 Å². The molecule has 10 heteroatoms. The molecule has 3 rings (SSSR count). The number of carboxylic acids is 1. The fraction of sp³-hybridized carbons (Fsp3) is 0.100. The molecule has 1 aromatic carbocycles. The molecule has 0 saturated heterocycles. The average Bonchev–Trinajstić information content (AvgIpc) is 2.72. The van der Waals surface area contributed by atoms with Crippen LogP contribution in [0.3, 0.4) is 0 Å². The van der Waals surface area contributed by atoms with Crippen molar-refractivity contribution in [3.63, 3.8) is 0 Å². The Balaban J connectivity index is 1.95. The molecule has 1 amide bonds. The van der Waals surface area contributed by atoms with Crippen LogP contribution in [0, 0.1) is 5.82 Å². The Hall–Kier alpha value is -3.82. The van der Waals surface area contributed by atoms with Crippen molar-refractivity contribution in [2.45, 2.75) is 12.2 Å². The fourth-order valence-corrected chi connectivity index (χ4v) is 2.64. The number of rotatable bonds is 5. The predicted molar refractivity (Wildman–Crippen MR) is 96.1 cm³/mol. The third-order valence-electron chi connectivity index (χ3n) is 4.15. The normalized spacial score (nSPS) is 12.3. The van der Waals surface area contributed by atoms with Crippen molar-refractivity contribution in [1.82, 2.24) is 15.3 Å². The third kappa shape index (κ3) is 4.59. The van der Waals surface area contributed by atoms with E-state index in [1.165, 1.54) is 18.3 Å². The van der Waals surface area contributed by atoms with E-state index in [1.807, 2.05) is 0 Å². The highest BCUT2D eigenvalue weighted by Crippen LogP contribution is 2.31. The molecule has 0 aliphatic carbocycles. The Labute approximate surface area is 167 Å². The van der Waals surface area contributed by atoms with Crippen molar-refractivity contribution in [3.8, 4) is 0 Å². The van der Waals surface area contributed by atoms with Gasteiger partial charge in [-0.05, 0) is 42.0 Å². The number of alkyl halides is 3. The maximum Gasteiger partial charge on any atom is 0.416 e. The number of carboxylic acid groups (broad SMARTS) is 1. The lowest BCUT2D eigenvalue weighted by molar-refractivity contribution is -0.137. The quantitative estimate of drug-likeness (QED) is 0.613. The molecular formula is C20H13F4N3O3. The Morgan fingerprint density at radius 3 is 2.23 bits per heavy atom. The first kappa shape index (κ1) is 20.9. The zero-order chi connectivity index (χ0) is 21.9. The number of amides is 1. The molecule has 0 unspecified atom stereocenters. The van der Waals surface area contributed by atoms with Gasteiger partial charge in [-0.1, -0.05) is 12.1 Å². The summed E-state index contributed by atoms with van der Waals surface area (Å²) in [6.45, 7) is 0. The molecule has 6 nitrogen and oxygen atoms in total. The zero-order valence-electron chi connectivity index (χ0n) is 15.0. The van der Waals surface area contributed by atoms with Gasteiger partial charge in [0.1, 0.15) is 17.2 Å². The van der Waals surface area contributed by atoms with Gasteiger partial charge in [0.2, 0.25) is 0 Å². The van der Waals surface area contributed by atoms with Crippen LogP contribution in [0.5, 0.6) is 0 Å². The van der Waals surface area contributed by atoms with Crippen molar-refractivity contribution >= 4 is 11.9 Å². The number of carbonyl (C=O) groups is 2. The SMILES string of the molecule is O=C(O)c1ccc(C(=O)N[C@@H](c2ccc(C(F)(F)F)cc2)c2ncccc2F)nc1. The lowest BCUT2D eigenvalue weighted by Crippen LogP contribution is -2.31. The Morgan fingerprint density at radius 1 is 1.00 bits per heavy atom. The highest BCUT2D eigenvalue weighted by atomic mass is 19.4. The van der Waals surface area contributed by atoms with Crippen LogP contribution < -0.4 is 5.32 Å². The largest absolute Gasteiger partial charge is 0.478 e. The third-order valence-corrected chi connectivity index (χ3v) is 4.15. The summed E-state index contributed by atoms with van der Waals surface area (Å²) in [7, 11) is 0. The highest BCUT2D eigenvalue weighted by molar-refractivity contribution is 5.94. The number of carbonyl (C=O) groups excluding carboxylic acids is 1. The van der Waals surface area contributed by atoms with Gasteiger partial charge in [0, 0.05) is 12.4 Å². The first-order chi connectivity index (χ1) is 14.2. The molecular weight excluding hydrogens is 406 g/mol. The van der Waals surface area contributed by atoms with E-state index in [0.717, 1.165) is 42.6 Å². The topological polar surface area (TPSA) is 92.2 Å². The molecule has 0 spiro atoms. The molecule has 0 bridgehead atoms. The fourth-order valence-electron chi connectivity index (χ4n) is 2.64. The van der Waals surface area contributed by atoms with Gasteiger partial charge >= 0.3 is 12.1 Å². The second kappa shape index (κ2) is 8.27. The van der Waals surface area contributed by atoms with Crippen molar-refractivity contribution in [2.24, 2.45) is 0 Å². The summed E-state index contributed by atoms with van der Waals surface area (Å²) >= 11 is 0. The molecule has 2 N–H and O–H groups in total.